The highest BCUT2D eigenvalue weighted by molar-refractivity contribution is 5.97. The molecule has 0 saturated heterocycles. The molecule has 3 N–H and O–H groups in total. The highest BCUT2D eigenvalue weighted by atomic mass is 19.1. The number of hydrogen-bond acceptors (Lipinski definition) is 3. The maximum Gasteiger partial charge on any atom is 0.319 e. The number of aromatic nitrogens is 1. The number of benzene rings is 1. The molecule has 0 radical (unpaired) electrons. The summed E-state index contributed by atoms with van der Waals surface area (Å²) < 4.78 is 13.6. The van der Waals surface area contributed by atoms with Gasteiger partial charge in [-0.2, -0.15) is 0 Å². The smallest absolute Gasteiger partial charge is 0.319 e. The van der Waals surface area contributed by atoms with Gasteiger partial charge in [-0.05, 0) is 42.3 Å². The molecule has 0 fully saturated rings. The van der Waals surface area contributed by atoms with Crippen molar-refractivity contribution in [1.29, 1.82) is 0 Å². The van der Waals surface area contributed by atoms with Gasteiger partial charge in [-0.25, -0.2) is 9.18 Å². The van der Waals surface area contributed by atoms with Crippen molar-refractivity contribution in [3.05, 3.63) is 59.7 Å². The quantitative estimate of drug-likeness (QED) is 0.788. The first-order chi connectivity index (χ1) is 11.5. The normalized spacial score (nSPS) is 11.5. The Labute approximate surface area is 139 Å². The van der Waals surface area contributed by atoms with Crippen LogP contribution in [0.3, 0.4) is 0 Å². The third-order valence-electron chi connectivity index (χ3n) is 3.52. The summed E-state index contributed by atoms with van der Waals surface area (Å²) in [7, 11) is 1.41. The van der Waals surface area contributed by atoms with Crippen LogP contribution in [0.1, 0.15) is 35.3 Å². The molecule has 3 amide bonds. The lowest BCUT2D eigenvalue weighted by Crippen LogP contribution is -2.32. The third kappa shape index (κ3) is 4.28. The average Bonchev–Trinajstić information content (AvgIpc) is 2.61. The maximum atomic E-state index is 13.6. The Morgan fingerprint density at radius 3 is 2.54 bits per heavy atom. The molecule has 126 valence electrons. The lowest BCUT2D eigenvalue weighted by molar-refractivity contribution is 0.0959. The van der Waals surface area contributed by atoms with Crippen LogP contribution < -0.4 is 16.0 Å². The number of amides is 3. The summed E-state index contributed by atoms with van der Waals surface area (Å²) in [4.78, 5) is 27.7. The van der Waals surface area contributed by atoms with Crippen LogP contribution in [-0.4, -0.2) is 24.0 Å². The predicted molar refractivity (Wildman–Crippen MR) is 89.2 cm³/mol. The average molecular weight is 330 g/mol. The Morgan fingerprint density at radius 1 is 1.21 bits per heavy atom. The molecule has 6 nitrogen and oxygen atoms in total. The van der Waals surface area contributed by atoms with E-state index in [4.69, 9.17) is 0 Å². The Kier molecular flexibility index (Phi) is 5.83. The molecule has 24 heavy (non-hydrogen) atoms. The van der Waals surface area contributed by atoms with E-state index < -0.39 is 17.8 Å². The van der Waals surface area contributed by atoms with Crippen LogP contribution in [-0.2, 0) is 0 Å². The van der Waals surface area contributed by atoms with Gasteiger partial charge < -0.3 is 16.0 Å². The van der Waals surface area contributed by atoms with E-state index in [0.29, 0.717) is 12.1 Å². The van der Waals surface area contributed by atoms with Gasteiger partial charge >= 0.3 is 6.03 Å². The number of urea groups is 1. The van der Waals surface area contributed by atoms with Crippen LogP contribution in [0.5, 0.6) is 0 Å². The second-order valence-corrected chi connectivity index (χ2v) is 5.11. The minimum atomic E-state index is -0.650. The van der Waals surface area contributed by atoms with E-state index in [2.05, 4.69) is 20.9 Å². The van der Waals surface area contributed by atoms with E-state index in [9.17, 15) is 14.0 Å². The zero-order valence-corrected chi connectivity index (χ0v) is 13.5. The molecule has 2 rings (SSSR count). The van der Waals surface area contributed by atoms with Crippen molar-refractivity contribution in [2.45, 2.75) is 19.4 Å². The Bertz CT molecular complexity index is 722. The molecule has 0 aliphatic heterocycles. The van der Waals surface area contributed by atoms with Crippen LogP contribution in [0.2, 0.25) is 0 Å². The number of carbonyl (C=O) groups is 2. The fourth-order valence-corrected chi connectivity index (χ4v) is 2.25. The molecular formula is C17H19FN4O2. The highest BCUT2D eigenvalue weighted by Gasteiger charge is 2.15. The van der Waals surface area contributed by atoms with Crippen LogP contribution >= 0.6 is 0 Å². The first-order valence-corrected chi connectivity index (χ1v) is 7.54. The van der Waals surface area contributed by atoms with Crippen molar-refractivity contribution >= 4 is 17.6 Å². The van der Waals surface area contributed by atoms with Crippen molar-refractivity contribution in [1.82, 2.24) is 15.6 Å². The van der Waals surface area contributed by atoms with Gasteiger partial charge in [-0.3, -0.25) is 9.78 Å². The molecule has 0 bridgehead atoms. The van der Waals surface area contributed by atoms with Crippen LogP contribution in [0.15, 0.2) is 42.7 Å². The molecule has 0 aliphatic rings. The summed E-state index contributed by atoms with van der Waals surface area (Å²) in [5.41, 5.74) is 1.14. The van der Waals surface area contributed by atoms with Crippen LogP contribution in [0.4, 0.5) is 14.9 Å². The van der Waals surface area contributed by atoms with Crippen LogP contribution in [0, 0.1) is 5.82 Å². The van der Waals surface area contributed by atoms with Gasteiger partial charge in [0.2, 0.25) is 0 Å². The van der Waals surface area contributed by atoms with Crippen molar-refractivity contribution in [3.63, 3.8) is 0 Å². The Hall–Kier alpha value is -2.96. The van der Waals surface area contributed by atoms with Gasteiger partial charge in [0.25, 0.3) is 5.91 Å². The number of nitrogens with one attached hydrogen (secondary N) is 3. The lowest BCUT2D eigenvalue weighted by atomic mass is 10.1. The maximum absolute atomic E-state index is 13.6. The van der Waals surface area contributed by atoms with Gasteiger partial charge in [0.1, 0.15) is 5.82 Å². The van der Waals surface area contributed by atoms with E-state index in [1.165, 1.54) is 19.2 Å². The number of rotatable bonds is 5. The molecule has 1 aromatic heterocycles. The summed E-state index contributed by atoms with van der Waals surface area (Å²) in [5.74, 6) is -1.21. The third-order valence-corrected chi connectivity index (χ3v) is 3.52. The molecule has 0 aliphatic carbocycles. The minimum Gasteiger partial charge on any atom is -0.355 e. The molecular weight excluding hydrogens is 311 g/mol. The zero-order chi connectivity index (χ0) is 17.5. The molecule has 7 heteroatoms. The number of hydrogen-bond donors (Lipinski definition) is 3. The van der Waals surface area contributed by atoms with Crippen molar-refractivity contribution in [2.24, 2.45) is 0 Å². The molecule has 1 atom stereocenters. The van der Waals surface area contributed by atoms with Crippen LogP contribution in [0.25, 0.3) is 0 Å². The molecule has 0 spiro atoms. The largest absolute Gasteiger partial charge is 0.355 e. The number of halogens is 1. The molecule has 0 saturated carbocycles. The van der Waals surface area contributed by atoms with Gasteiger partial charge in [0.05, 0.1) is 11.6 Å². The van der Waals surface area contributed by atoms with E-state index in [1.54, 1.807) is 12.4 Å². The second-order valence-electron chi connectivity index (χ2n) is 5.11. The summed E-state index contributed by atoms with van der Waals surface area (Å²) in [6.07, 6.45) is 4.02. The molecule has 1 aromatic carbocycles. The number of carbonyl (C=O) groups excluding carboxylic acids is 2. The lowest BCUT2D eigenvalue weighted by Gasteiger charge is -2.18. The monoisotopic (exact) mass is 330 g/mol. The fraction of sp³-hybridized carbons (Fsp3) is 0.235. The minimum absolute atomic E-state index is 0.128. The topological polar surface area (TPSA) is 83.1 Å². The highest BCUT2D eigenvalue weighted by Crippen LogP contribution is 2.17. The SMILES string of the molecule is CCC(NC(=O)Nc1ccc(F)c(C(=O)NC)c1)c1ccncc1. The predicted octanol–water partition coefficient (Wildman–Crippen LogP) is 2.85. The van der Waals surface area contributed by atoms with E-state index in [1.807, 2.05) is 19.1 Å². The standard InChI is InChI=1S/C17H19FN4O2/c1-3-15(11-6-8-20-9-7-11)22-17(24)21-12-4-5-14(18)13(10-12)16(23)19-2/h4-10,15H,3H2,1-2H3,(H,19,23)(H2,21,22,24). The summed E-state index contributed by atoms with van der Waals surface area (Å²) in [6.45, 7) is 1.95. The van der Waals surface area contributed by atoms with Crippen molar-refractivity contribution in [3.8, 4) is 0 Å². The summed E-state index contributed by atoms with van der Waals surface area (Å²) >= 11 is 0. The van der Waals surface area contributed by atoms with Crippen molar-refractivity contribution < 1.29 is 14.0 Å². The number of nitrogens with zero attached hydrogens (tertiary/aromatic N) is 1. The summed E-state index contributed by atoms with van der Waals surface area (Å²) in [5, 5.41) is 7.80. The van der Waals surface area contributed by atoms with Crippen molar-refractivity contribution in [2.75, 3.05) is 12.4 Å². The Balaban J connectivity index is 2.08. The van der Waals surface area contributed by atoms with E-state index >= 15 is 0 Å². The first-order valence-electron chi connectivity index (χ1n) is 7.54. The van der Waals surface area contributed by atoms with Gasteiger partial charge in [-0.15, -0.1) is 0 Å². The first kappa shape index (κ1) is 17.4. The molecule has 1 heterocycles. The van der Waals surface area contributed by atoms with Gasteiger partial charge in [0, 0.05) is 25.1 Å². The molecule has 2 aromatic rings. The summed E-state index contributed by atoms with van der Waals surface area (Å²) in [6, 6.07) is 6.88. The van der Waals surface area contributed by atoms with Gasteiger partial charge in [-0.1, -0.05) is 6.92 Å². The Morgan fingerprint density at radius 2 is 1.92 bits per heavy atom. The second kappa shape index (κ2) is 8.05. The fourth-order valence-electron chi connectivity index (χ4n) is 2.25. The van der Waals surface area contributed by atoms with E-state index in [-0.39, 0.29) is 11.6 Å². The number of pyridine rings is 1. The van der Waals surface area contributed by atoms with Gasteiger partial charge in [0.15, 0.2) is 0 Å². The van der Waals surface area contributed by atoms with E-state index in [0.717, 1.165) is 11.6 Å². The zero-order valence-electron chi connectivity index (χ0n) is 13.5. The number of anilines is 1. The molecule has 1 unspecified atom stereocenters.